The Bertz CT molecular complexity index is 373. The van der Waals surface area contributed by atoms with E-state index in [1.54, 1.807) is 4.31 Å². The first-order chi connectivity index (χ1) is 8.54. The topological polar surface area (TPSA) is 59.1 Å². The molecule has 0 aromatic rings. The highest BCUT2D eigenvalue weighted by Crippen LogP contribution is 2.23. The first-order valence-electron chi connectivity index (χ1n) is 6.33. The van der Waals surface area contributed by atoms with Crippen LogP contribution in [-0.2, 0) is 19.5 Å². The highest BCUT2D eigenvalue weighted by atomic mass is 32.2. The van der Waals surface area contributed by atoms with Crippen LogP contribution in [0.2, 0.25) is 0 Å². The maximum absolute atomic E-state index is 12.1. The molecule has 2 saturated heterocycles. The number of sulfonamides is 1. The van der Waals surface area contributed by atoms with Gasteiger partial charge < -0.3 is 9.47 Å². The number of fused-ring (bicyclic) bond motifs is 1. The van der Waals surface area contributed by atoms with Gasteiger partial charge in [0.05, 0.1) is 25.1 Å². The highest BCUT2D eigenvalue weighted by Gasteiger charge is 2.38. The van der Waals surface area contributed by atoms with Crippen LogP contribution < -0.4 is 0 Å². The number of nitrogens with zero attached hydrogens (tertiary/aromatic N) is 2. The summed E-state index contributed by atoms with van der Waals surface area (Å²) >= 11 is 0. The second kappa shape index (κ2) is 5.83. The molecule has 106 valence electrons. The van der Waals surface area contributed by atoms with Crippen molar-refractivity contribution in [3.8, 4) is 0 Å². The lowest BCUT2D eigenvalue weighted by Gasteiger charge is -2.45. The summed E-state index contributed by atoms with van der Waals surface area (Å²) < 4.78 is 36.4. The van der Waals surface area contributed by atoms with E-state index in [9.17, 15) is 8.42 Å². The average Bonchev–Trinajstić information content (AvgIpc) is 2.36. The lowest BCUT2D eigenvalue weighted by atomic mass is 10.0. The summed E-state index contributed by atoms with van der Waals surface area (Å²) in [6.45, 7) is 2.95. The molecule has 0 aromatic carbocycles. The van der Waals surface area contributed by atoms with Crippen molar-refractivity contribution in [2.24, 2.45) is 0 Å². The normalized spacial score (nSPS) is 31.2. The van der Waals surface area contributed by atoms with Gasteiger partial charge in [-0.3, -0.25) is 4.90 Å². The third-order valence-corrected chi connectivity index (χ3v) is 5.56. The Labute approximate surface area is 109 Å². The van der Waals surface area contributed by atoms with Crippen LogP contribution in [0, 0.1) is 0 Å². The van der Waals surface area contributed by atoms with E-state index in [0.717, 1.165) is 19.6 Å². The van der Waals surface area contributed by atoms with E-state index in [0.29, 0.717) is 13.1 Å². The van der Waals surface area contributed by atoms with E-state index in [-0.39, 0.29) is 24.5 Å². The first kappa shape index (κ1) is 14.2. The smallest absolute Gasteiger partial charge is 0.216 e. The fraction of sp³-hybridized carbons (Fsp3) is 1.00. The third-order valence-electron chi connectivity index (χ3n) is 3.76. The van der Waals surface area contributed by atoms with Crippen molar-refractivity contribution in [3.63, 3.8) is 0 Å². The highest BCUT2D eigenvalue weighted by molar-refractivity contribution is 7.89. The van der Waals surface area contributed by atoms with Gasteiger partial charge in [-0.1, -0.05) is 0 Å². The number of piperidine rings is 1. The number of hydrogen-bond donors (Lipinski definition) is 0. The van der Waals surface area contributed by atoms with Crippen LogP contribution in [0.1, 0.15) is 6.42 Å². The van der Waals surface area contributed by atoms with E-state index >= 15 is 0 Å². The summed E-state index contributed by atoms with van der Waals surface area (Å²) in [6.07, 6.45) is 0.957. The Morgan fingerprint density at radius 1 is 1.39 bits per heavy atom. The summed E-state index contributed by atoms with van der Waals surface area (Å²) in [6, 6.07) is 0.185. The van der Waals surface area contributed by atoms with Gasteiger partial charge in [-0.05, 0) is 13.5 Å². The molecule has 2 aliphatic heterocycles. The van der Waals surface area contributed by atoms with Crippen molar-refractivity contribution in [2.45, 2.75) is 18.6 Å². The number of likely N-dealkylation sites (N-methyl/N-ethyl adjacent to an activating group) is 1. The fourth-order valence-corrected chi connectivity index (χ4v) is 3.98. The maximum atomic E-state index is 12.1. The van der Waals surface area contributed by atoms with Crippen LogP contribution in [0.3, 0.4) is 0 Å². The summed E-state index contributed by atoms with van der Waals surface area (Å²) in [7, 11) is 0.358. The summed E-state index contributed by atoms with van der Waals surface area (Å²) in [4.78, 5) is 2.20. The van der Waals surface area contributed by atoms with Crippen LogP contribution in [0.4, 0.5) is 0 Å². The predicted octanol–water partition coefficient (Wildman–Crippen LogP) is -0.632. The zero-order valence-corrected chi connectivity index (χ0v) is 11.9. The van der Waals surface area contributed by atoms with E-state index in [2.05, 4.69) is 4.90 Å². The predicted molar refractivity (Wildman–Crippen MR) is 68.0 cm³/mol. The van der Waals surface area contributed by atoms with E-state index in [4.69, 9.17) is 9.47 Å². The molecule has 0 spiro atoms. The molecule has 0 aliphatic carbocycles. The van der Waals surface area contributed by atoms with Gasteiger partial charge in [-0.25, -0.2) is 12.7 Å². The lowest BCUT2D eigenvalue weighted by molar-refractivity contribution is -0.0840. The molecule has 2 heterocycles. The molecule has 0 N–H and O–H groups in total. The monoisotopic (exact) mass is 278 g/mol. The van der Waals surface area contributed by atoms with Crippen molar-refractivity contribution in [1.29, 1.82) is 0 Å². The minimum Gasteiger partial charge on any atom is -0.384 e. The van der Waals surface area contributed by atoms with Gasteiger partial charge in [-0.2, -0.15) is 0 Å². The number of morpholine rings is 1. The molecule has 0 bridgehead atoms. The minimum absolute atomic E-state index is 0.0610. The van der Waals surface area contributed by atoms with Crippen molar-refractivity contribution in [1.82, 2.24) is 9.21 Å². The number of rotatable bonds is 4. The Balaban J connectivity index is 2.00. The van der Waals surface area contributed by atoms with Gasteiger partial charge in [0.15, 0.2) is 0 Å². The molecule has 18 heavy (non-hydrogen) atoms. The average molecular weight is 278 g/mol. The largest absolute Gasteiger partial charge is 0.384 e. The summed E-state index contributed by atoms with van der Waals surface area (Å²) in [5.41, 5.74) is 0. The Hall–Kier alpha value is -0.210. The molecule has 0 amide bonds. The SMILES string of the molecule is COCCS(=O)(=O)N1CCC2OCCN(C)C2C1. The van der Waals surface area contributed by atoms with Crippen LogP contribution in [-0.4, -0.2) is 82.5 Å². The Kier molecular flexibility index (Phi) is 4.60. The Morgan fingerprint density at radius 2 is 2.17 bits per heavy atom. The molecular weight excluding hydrogens is 256 g/mol. The summed E-state index contributed by atoms with van der Waals surface area (Å²) in [5.74, 6) is 0.0610. The Morgan fingerprint density at radius 3 is 2.89 bits per heavy atom. The second-order valence-electron chi connectivity index (χ2n) is 4.91. The molecule has 0 saturated carbocycles. The van der Waals surface area contributed by atoms with Crippen LogP contribution in [0.5, 0.6) is 0 Å². The lowest BCUT2D eigenvalue weighted by Crippen LogP contribution is -2.59. The standard InChI is InChI=1S/C11H22N2O4S/c1-12-5-6-17-11-3-4-13(9-10(11)12)18(14,15)8-7-16-2/h10-11H,3-9H2,1-2H3. The molecule has 0 aromatic heterocycles. The molecule has 2 atom stereocenters. The van der Waals surface area contributed by atoms with Gasteiger partial charge in [0, 0.05) is 32.8 Å². The first-order valence-corrected chi connectivity index (χ1v) is 7.94. The molecule has 2 fully saturated rings. The van der Waals surface area contributed by atoms with Crippen LogP contribution in [0.25, 0.3) is 0 Å². The number of methoxy groups -OCH3 is 1. The van der Waals surface area contributed by atoms with Gasteiger partial charge in [0.1, 0.15) is 0 Å². The number of hydrogen-bond acceptors (Lipinski definition) is 5. The van der Waals surface area contributed by atoms with Gasteiger partial charge in [0.2, 0.25) is 10.0 Å². The van der Waals surface area contributed by atoms with E-state index in [1.165, 1.54) is 7.11 Å². The minimum atomic E-state index is -3.19. The van der Waals surface area contributed by atoms with Crippen molar-refractivity contribution in [3.05, 3.63) is 0 Å². The van der Waals surface area contributed by atoms with Crippen molar-refractivity contribution < 1.29 is 17.9 Å². The molecule has 6 nitrogen and oxygen atoms in total. The maximum Gasteiger partial charge on any atom is 0.216 e. The van der Waals surface area contributed by atoms with Crippen LogP contribution in [0.15, 0.2) is 0 Å². The van der Waals surface area contributed by atoms with Crippen LogP contribution >= 0.6 is 0 Å². The van der Waals surface area contributed by atoms with Gasteiger partial charge in [-0.15, -0.1) is 0 Å². The quantitative estimate of drug-likeness (QED) is 0.685. The molecule has 2 rings (SSSR count). The van der Waals surface area contributed by atoms with E-state index < -0.39 is 10.0 Å². The van der Waals surface area contributed by atoms with Crippen molar-refractivity contribution in [2.75, 3.05) is 52.8 Å². The molecule has 2 aliphatic rings. The van der Waals surface area contributed by atoms with Gasteiger partial charge in [0.25, 0.3) is 0 Å². The molecule has 2 unspecified atom stereocenters. The molecule has 0 radical (unpaired) electrons. The molecule has 7 heteroatoms. The fourth-order valence-electron chi connectivity index (χ4n) is 2.58. The summed E-state index contributed by atoms with van der Waals surface area (Å²) in [5, 5.41) is 0. The van der Waals surface area contributed by atoms with E-state index in [1.807, 2.05) is 7.05 Å². The van der Waals surface area contributed by atoms with Crippen molar-refractivity contribution >= 4 is 10.0 Å². The number of ether oxygens (including phenoxy) is 2. The second-order valence-corrected chi connectivity index (χ2v) is 7.00. The zero-order chi connectivity index (χ0) is 13.2. The zero-order valence-electron chi connectivity index (χ0n) is 11.0. The molecular formula is C11H22N2O4S. The third kappa shape index (κ3) is 3.03. The van der Waals surface area contributed by atoms with Gasteiger partial charge >= 0.3 is 0 Å².